The fraction of sp³-hybridized carbons (Fsp3) is 0. The minimum absolute atomic E-state index is 0.581. The van der Waals surface area contributed by atoms with Crippen molar-refractivity contribution in [1.29, 1.82) is 0 Å². The Bertz CT molecular complexity index is 2980. The predicted molar refractivity (Wildman–Crippen MR) is 223 cm³/mol. The zero-order chi connectivity index (χ0) is 36.6. The Kier molecular flexibility index (Phi) is 8.08. The van der Waals surface area contributed by atoms with Crippen molar-refractivity contribution in [3.8, 4) is 79.0 Å². The molecule has 2 heterocycles. The first-order valence-electron chi connectivity index (χ1n) is 18.3. The van der Waals surface area contributed by atoms with Gasteiger partial charge in [0.1, 0.15) is 5.52 Å². The van der Waals surface area contributed by atoms with Crippen LogP contribution in [0.15, 0.2) is 199 Å². The standard InChI is InChI=1S/C50H32N4O/c1-4-17-33(18-5-1)37-24-10-11-25-38(37)39-26-12-14-28-42(39)48-52-47(35-19-6-2-7-20-35)53-49(54-48)43-29-15-13-27-40(43)41-30-16-23-34-31-32-44-46(45(34)41)55-50(51-44)36-21-8-3-9-22-36/h1-32H. The van der Waals surface area contributed by atoms with E-state index in [0.29, 0.717) is 23.4 Å². The molecule has 0 saturated heterocycles. The van der Waals surface area contributed by atoms with E-state index in [1.54, 1.807) is 0 Å². The third kappa shape index (κ3) is 5.94. The van der Waals surface area contributed by atoms with Gasteiger partial charge in [0.2, 0.25) is 5.89 Å². The summed E-state index contributed by atoms with van der Waals surface area (Å²) in [4.78, 5) is 20.5. The molecule has 0 atom stereocenters. The molecule has 0 aliphatic carbocycles. The first-order chi connectivity index (χ1) is 27.3. The van der Waals surface area contributed by atoms with Gasteiger partial charge in [-0.25, -0.2) is 19.9 Å². The van der Waals surface area contributed by atoms with Crippen molar-refractivity contribution in [2.75, 3.05) is 0 Å². The van der Waals surface area contributed by atoms with Crippen molar-refractivity contribution in [1.82, 2.24) is 19.9 Å². The summed E-state index contributed by atoms with van der Waals surface area (Å²) in [6, 6.07) is 66.3. The Hall–Kier alpha value is -7.50. The minimum atomic E-state index is 0.581. The molecule has 5 heteroatoms. The summed E-state index contributed by atoms with van der Waals surface area (Å²) >= 11 is 0. The maximum absolute atomic E-state index is 6.57. The second-order valence-electron chi connectivity index (χ2n) is 13.4. The van der Waals surface area contributed by atoms with Crippen LogP contribution in [0.3, 0.4) is 0 Å². The van der Waals surface area contributed by atoms with Crippen LogP contribution in [0, 0.1) is 0 Å². The summed E-state index contributed by atoms with van der Waals surface area (Å²) < 4.78 is 6.57. The van der Waals surface area contributed by atoms with Gasteiger partial charge in [0.25, 0.3) is 0 Å². The van der Waals surface area contributed by atoms with Gasteiger partial charge >= 0.3 is 0 Å². The molecule has 5 nitrogen and oxygen atoms in total. The number of benzene rings is 8. The summed E-state index contributed by atoms with van der Waals surface area (Å²) in [6.45, 7) is 0. The molecule has 0 radical (unpaired) electrons. The van der Waals surface area contributed by atoms with Gasteiger partial charge in [-0.2, -0.15) is 0 Å². The molecule has 10 aromatic rings. The van der Waals surface area contributed by atoms with E-state index in [9.17, 15) is 0 Å². The molecule has 0 amide bonds. The Morgan fingerprint density at radius 2 is 0.745 bits per heavy atom. The van der Waals surface area contributed by atoms with Crippen molar-refractivity contribution in [3.63, 3.8) is 0 Å². The molecule has 10 rings (SSSR count). The molecule has 0 spiro atoms. The molecule has 0 aliphatic rings. The van der Waals surface area contributed by atoms with Crippen LogP contribution in [-0.4, -0.2) is 19.9 Å². The van der Waals surface area contributed by atoms with E-state index >= 15 is 0 Å². The lowest BCUT2D eigenvalue weighted by atomic mass is 9.91. The van der Waals surface area contributed by atoms with Gasteiger partial charge in [-0.05, 0) is 57.0 Å². The summed E-state index contributed by atoms with van der Waals surface area (Å²) in [5.41, 5.74) is 11.6. The van der Waals surface area contributed by atoms with Gasteiger partial charge in [0, 0.05) is 27.6 Å². The largest absolute Gasteiger partial charge is 0.435 e. The smallest absolute Gasteiger partial charge is 0.227 e. The van der Waals surface area contributed by atoms with Crippen molar-refractivity contribution in [2.24, 2.45) is 0 Å². The van der Waals surface area contributed by atoms with Crippen molar-refractivity contribution in [2.45, 2.75) is 0 Å². The minimum Gasteiger partial charge on any atom is -0.435 e. The summed E-state index contributed by atoms with van der Waals surface area (Å²) in [5.74, 6) is 2.37. The van der Waals surface area contributed by atoms with E-state index < -0.39 is 0 Å². The van der Waals surface area contributed by atoms with E-state index in [0.717, 1.165) is 77.5 Å². The molecule has 0 unspecified atom stereocenters. The Balaban J connectivity index is 1.19. The second-order valence-corrected chi connectivity index (χ2v) is 13.4. The molecular formula is C50H32N4O. The number of fused-ring (bicyclic) bond motifs is 3. The van der Waals surface area contributed by atoms with Gasteiger partial charge in [-0.3, -0.25) is 0 Å². The second kappa shape index (κ2) is 13.8. The normalized spacial score (nSPS) is 11.3. The number of aromatic nitrogens is 4. The van der Waals surface area contributed by atoms with Crippen LogP contribution in [-0.2, 0) is 0 Å². The van der Waals surface area contributed by atoms with Crippen LogP contribution in [0.2, 0.25) is 0 Å². The Morgan fingerprint density at radius 3 is 1.36 bits per heavy atom. The van der Waals surface area contributed by atoms with E-state index in [2.05, 4.69) is 109 Å². The fourth-order valence-corrected chi connectivity index (χ4v) is 7.43. The van der Waals surface area contributed by atoms with Gasteiger partial charge < -0.3 is 4.42 Å². The van der Waals surface area contributed by atoms with E-state index in [1.807, 2.05) is 84.9 Å². The van der Waals surface area contributed by atoms with Crippen molar-refractivity contribution < 1.29 is 4.42 Å². The molecular weight excluding hydrogens is 673 g/mol. The van der Waals surface area contributed by atoms with Crippen LogP contribution in [0.25, 0.3) is 101 Å². The number of rotatable bonds is 7. The lowest BCUT2D eigenvalue weighted by molar-refractivity contribution is 0.623. The predicted octanol–water partition coefficient (Wildman–Crippen LogP) is 12.8. The molecule has 2 aromatic heterocycles. The first kappa shape index (κ1) is 32.2. The SMILES string of the molecule is c1ccc(-c2nc(-c3ccccc3-c3ccccc3-c3ccccc3)nc(-c3ccccc3-c3cccc4ccc5nc(-c6ccccc6)oc5c34)n2)cc1. The van der Waals surface area contributed by atoms with Gasteiger partial charge in [-0.1, -0.05) is 176 Å². The highest BCUT2D eigenvalue weighted by Gasteiger charge is 2.21. The lowest BCUT2D eigenvalue weighted by Gasteiger charge is -2.16. The van der Waals surface area contributed by atoms with Gasteiger partial charge in [0.15, 0.2) is 23.1 Å². The monoisotopic (exact) mass is 704 g/mol. The number of hydrogen-bond donors (Lipinski definition) is 0. The summed E-state index contributed by atoms with van der Waals surface area (Å²) in [5, 5.41) is 2.05. The van der Waals surface area contributed by atoms with Crippen LogP contribution < -0.4 is 0 Å². The summed E-state index contributed by atoms with van der Waals surface area (Å²) in [7, 11) is 0. The van der Waals surface area contributed by atoms with Gasteiger partial charge in [0.05, 0.1) is 0 Å². The molecule has 0 saturated carbocycles. The molecule has 0 fully saturated rings. The molecule has 0 bridgehead atoms. The number of nitrogens with zero attached hydrogens (tertiary/aromatic N) is 4. The molecule has 0 aliphatic heterocycles. The Labute approximate surface area is 318 Å². The highest BCUT2D eigenvalue weighted by atomic mass is 16.3. The van der Waals surface area contributed by atoms with Crippen molar-refractivity contribution >= 4 is 21.9 Å². The first-order valence-corrected chi connectivity index (χ1v) is 18.3. The average Bonchev–Trinajstić information content (AvgIpc) is 3.72. The fourth-order valence-electron chi connectivity index (χ4n) is 7.43. The molecule has 258 valence electrons. The highest BCUT2D eigenvalue weighted by Crippen LogP contribution is 2.42. The van der Waals surface area contributed by atoms with Gasteiger partial charge in [-0.15, -0.1) is 0 Å². The molecule has 55 heavy (non-hydrogen) atoms. The van der Waals surface area contributed by atoms with Crippen molar-refractivity contribution in [3.05, 3.63) is 194 Å². The maximum atomic E-state index is 6.57. The van der Waals surface area contributed by atoms with E-state index in [1.165, 1.54) is 0 Å². The highest BCUT2D eigenvalue weighted by molar-refractivity contribution is 6.12. The van der Waals surface area contributed by atoms with Crippen LogP contribution in [0.1, 0.15) is 0 Å². The lowest BCUT2D eigenvalue weighted by Crippen LogP contribution is -2.02. The van der Waals surface area contributed by atoms with Crippen LogP contribution in [0.4, 0.5) is 0 Å². The zero-order valence-electron chi connectivity index (χ0n) is 29.7. The third-order valence-electron chi connectivity index (χ3n) is 10.0. The quantitative estimate of drug-likeness (QED) is 0.165. The topological polar surface area (TPSA) is 64.7 Å². The van der Waals surface area contributed by atoms with Crippen LogP contribution in [0.5, 0.6) is 0 Å². The average molecular weight is 705 g/mol. The zero-order valence-corrected chi connectivity index (χ0v) is 29.7. The number of hydrogen-bond acceptors (Lipinski definition) is 5. The third-order valence-corrected chi connectivity index (χ3v) is 10.0. The van der Waals surface area contributed by atoms with E-state index in [4.69, 9.17) is 24.4 Å². The van der Waals surface area contributed by atoms with E-state index in [-0.39, 0.29) is 0 Å². The molecule has 8 aromatic carbocycles. The summed E-state index contributed by atoms with van der Waals surface area (Å²) in [6.07, 6.45) is 0. The molecule has 0 N–H and O–H groups in total. The van der Waals surface area contributed by atoms with Crippen LogP contribution >= 0.6 is 0 Å². The maximum Gasteiger partial charge on any atom is 0.227 e. The Morgan fingerprint density at radius 1 is 0.291 bits per heavy atom. The number of oxazole rings is 1.